The number of carbonyl (C=O) groups is 1. The van der Waals surface area contributed by atoms with Crippen molar-refractivity contribution in [3.63, 3.8) is 0 Å². The Morgan fingerprint density at radius 2 is 2.00 bits per heavy atom. The zero-order valence-electron chi connectivity index (χ0n) is 12.9. The third kappa shape index (κ3) is 2.85. The van der Waals surface area contributed by atoms with E-state index in [2.05, 4.69) is 4.98 Å². The summed E-state index contributed by atoms with van der Waals surface area (Å²) in [6.45, 7) is 4.53. The number of nitrogens with zero attached hydrogens (tertiary/aromatic N) is 1. The zero-order chi connectivity index (χ0) is 16.7. The van der Waals surface area contributed by atoms with Crippen LogP contribution in [0, 0.1) is 31.3 Å². The van der Waals surface area contributed by atoms with Gasteiger partial charge < -0.3 is 9.88 Å². The topological polar surface area (TPSA) is 36.1 Å². The number of carbonyl (C=O) groups excluding carboxylic acids is 1. The van der Waals surface area contributed by atoms with E-state index in [-0.39, 0.29) is 24.4 Å². The zero-order valence-corrected chi connectivity index (χ0v) is 12.9. The predicted octanol–water partition coefficient (Wildman–Crippen LogP) is 3.56. The van der Waals surface area contributed by atoms with Crippen molar-refractivity contribution in [2.75, 3.05) is 6.54 Å². The Kier molecular flexibility index (Phi) is 3.92. The van der Waals surface area contributed by atoms with Crippen LogP contribution in [0.2, 0.25) is 0 Å². The van der Waals surface area contributed by atoms with Gasteiger partial charge in [0.2, 0.25) is 5.91 Å². The average Bonchev–Trinajstić information content (AvgIpc) is 3.00. The van der Waals surface area contributed by atoms with Crippen LogP contribution in [-0.4, -0.2) is 22.3 Å². The highest BCUT2D eigenvalue weighted by molar-refractivity contribution is 5.79. The van der Waals surface area contributed by atoms with Crippen LogP contribution in [-0.2, 0) is 11.3 Å². The maximum atomic E-state index is 13.9. The second kappa shape index (κ2) is 5.76. The number of amides is 1. The fourth-order valence-electron chi connectivity index (χ4n) is 3.13. The first-order valence-corrected chi connectivity index (χ1v) is 7.42. The van der Waals surface area contributed by atoms with Gasteiger partial charge in [0.1, 0.15) is 5.82 Å². The third-order valence-corrected chi connectivity index (χ3v) is 4.46. The molecule has 1 aliphatic heterocycles. The van der Waals surface area contributed by atoms with Crippen molar-refractivity contribution in [2.24, 2.45) is 0 Å². The predicted molar refractivity (Wildman–Crippen MR) is 79.4 cm³/mol. The largest absolute Gasteiger partial charge is 0.365 e. The van der Waals surface area contributed by atoms with Crippen LogP contribution in [0.3, 0.4) is 0 Å². The summed E-state index contributed by atoms with van der Waals surface area (Å²) in [4.78, 5) is 16.9. The van der Waals surface area contributed by atoms with Crippen LogP contribution < -0.4 is 0 Å². The van der Waals surface area contributed by atoms with Crippen LogP contribution in [0.1, 0.15) is 34.7 Å². The smallest absolute Gasteiger partial charge is 0.223 e. The number of aromatic amines is 1. The van der Waals surface area contributed by atoms with Gasteiger partial charge in [0.25, 0.3) is 0 Å². The van der Waals surface area contributed by atoms with Crippen LogP contribution in [0.25, 0.3) is 0 Å². The maximum Gasteiger partial charge on any atom is 0.223 e. The van der Waals surface area contributed by atoms with Gasteiger partial charge in [-0.15, -0.1) is 0 Å². The molecule has 0 saturated carbocycles. The molecular formula is C17H17F3N2O. The molecule has 0 radical (unpaired) electrons. The van der Waals surface area contributed by atoms with Crippen LogP contribution in [0.4, 0.5) is 13.2 Å². The molecule has 1 aromatic carbocycles. The standard InChI is InChI=1S/C17H17F3N2O/c1-9-6-21-10(2)14(9)8-22-7-11(3-16(22)23)13-4-12(18)5-15(19)17(13)20/h4-6,11,21H,3,7-8H2,1-2H3. The SMILES string of the molecule is Cc1c[nH]c(C)c1CN1CC(c2cc(F)cc(F)c2F)CC1=O. The minimum Gasteiger partial charge on any atom is -0.365 e. The van der Waals surface area contributed by atoms with Crippen molar-refractivity contribution >= 4 is 5.91 Å². The second-order valence-electron chi connectivity index (χ2n) is 6.04. The minimum absolute atomic E-state index is 0.0579. The van der Waals surface area contributed by atoms with E-state index in [0.29, 0.717) is 12.6 Å². The lowest BCUT2D eigenvalue weighted by molar-refractivity contribution is -0.128. The van der Waals surface area contributed by atoms with E-state index >= 15 is 0 Å². The van der Waals surface area contributed by atoms with Crippen molar-refractivity contribution < 1.29 is 18.0 Å². The number of hydrogen-bond donors (Lipinski definition) is 1. The molecule has 1 N–H and O–H groups in total. The number of aromatic nitrogens is 1. The van der Waals surface area contributed by atoms with E-state index in [4.69, 9.17) is 0 Å². The Labute approximate surface area is 132 Å². The molecule has 1 unspecified atom stereocenters. The van der Waals surface area contributed by atoms with Gasteiger partial charge in [0, 0.05) is 43.4 Å². The first kappa shape index (κ1) is 15.6. The van der Waals surface area contributed by atoms with E-state index in [1.807, 2.05) is 20.0 Å². The number of aryl methyl sites for hydroxylation is 2. The number of halogens is 3. The molecule has 6 heteroatoms. The number of hydrogen-bond acceptors (Lipinski definition) is 1. The van der Waals surface area contributed by atoms with Crippen LogP contribution >= 0.6 is 0 Å². The summed E-state index contributed by atoms with van der Waals surface area (Å²) >= 11 is 0. The molecule has 1 aliphatic rings. The Morgan fingerprint density at radius 3 is 2.65 bits per heavy atom. The minimum atomic E-state index is -1.22. The first-order valence-electron chi connectivity index (χ1n) is 7.42. The monoisotopic (exact) mass is 322 g/mol. The normalized spacial score (nSPS) is 18.0. The first-order chi connectivity index (χ1) is 10.9. The van der Waals surface area contributed by atoms with Gasteiger partial charge >= 0.3 is 0 Å². The van der Waals surface area contributed by atoms with Gasteiger partial charge in [-0.05, 0) is 36.6 Å². The molecule has 0 bridgehead atoms. The molecule has 1 fully saturated rings. The van der Waals surface area contributed by atoms with Crippen molar-refractivity contribution in [2.45, 2.75) is 32.7 Å². The molecule has 0 aliphatic carbocycles. The highest BCUT2D eigenvalue weighted by Gasteiger charge is 2.33. The van der Waals surface area contributed by atoms with Gasteiger partial charge in [0.05, 0.1) is 0 Å². The van der Waals surface area contributed by atoms with E-state index in [1.165, 1.54) is 0 Å². The Hall–Kier alpha value is -2.24. The third-order valence-electron chi connectivity index (χ3n) is 4.46. The quantitative estimate of drug-likeness (QED) is 0.862. The summed E-state index contributed by atoms with van der Waals surface area (Å²) in [5.41, 5.74) is 2.97. The lowest BCUT2D eigenvalue weighted by Gasteiger charge is -2.18. The molecule has 2 heterocycles. The summed E-state index contributed by atoms with van der Waals surface area (Å²) in [6, 6.07) is 1.49. The van der Waals surface area contributed by atoms with E-state index in [9.17, 15) is 18.0 Å². The molecule has 3 nitrogen and oxygen atoms in total. The summed E-state index contributed by atoms with van der Waals surface area (Å²) in [5, 5.41) is 0. The molecule has 23 heavy (non-hydrogen) atoms. The molecule has 1 atom stereocenters. The fourth-order valence-corrected chi connectivity index (χ4v) is 3.13. The summed E-state index contributed by atoms with van der Waals surface area (Å²) < 4.78 is 40.7. The number of likely N-dealkylation sites (tertiary alicyclic amines) is 1. The number of H-pyrrole nitrogens is 1. The molecule has 1 saturated heterocycles. The van der Waals surface area contributed by atoms with Crippen molar-refractivity contribution in [1.29, 1.82) is 0 Å². The molecular weight excluding hydrogens is 305 g/mol. The average molecular weight is 322 g/mol. The lowest BCUT2D eigenvalue weighted by Crippen LogP contribution is -2.25. The highest BCUT2D eigenvalue weighted by Crippen LogP contribution is 2.32. The Bertz CT molecular complexity index is 750. The number of nitrogens with one attached hydrogen (secondary N) is 1. The van der Waals surface area contributed by atoms with Crippen molar-refractivity contribution in [1.82, 2.24) is 9.88 Å². The van der Waals surface area contributed by atoms with Gasteiger partial charge in [-0.25, -0.2) is 13.2 Å². The van der Waals surface area contributed by atoms with Gasteiger partial charge in [0.15, 0.2) is 11.6 Å². The number of rotatable bonds is 3. The van der Waals surface area contributed by atoms with E-state index < -0.39 is 23.4 Å². The molecule has 1 amide bonds. The van der Waals surface area contributed by atoms with Crippen molar-refractivity contribution in [3.05, 3.63) is 58.2 Å². The molecule has 122 valence electrons. The van der Waals surface area contributed by atoms with Gasteiger partial charge in [-0.3, -0.25) is 4.79 Å². The summed E-state index contributed by atoms with van der Waals surface area (Å²) in [5.74, 6) is -3.79. The van der Waals surface area contributed by atoms with Crippen LogP contribution in [0.15, 0.2) is 18.3 Å². The molecule has 2 aromatic rings. The molecule has 3 rings (SSSR count). The summed E-state index contributed by atoms with van der Waals surface area (Å²) in [6.07, 6.45) is 1.92. The second-order valence-corrected chi connectivity index (χ2v) is 6.04. The van der Waals surface area contributed by atoms with Gasteiger partial charge in [-0.1, -0.05) is 0 Å². The maximum absolute atomic E-state index is 13.9. The van der Waals surface area contributed by atoms with E-state index in [1.54, 1.807) is 4.90 Å². The Balaban J connectivity index is 1.83. The molecule has 0 spiro atoms. The highest BCUT2D eigenvalue weighted by atomic mass is 19.2. The fraction of sp³-hybridized carbons (Fsp3) is 0.353. The van der Waals surface area contributed by atoms with Crippen molar-refractivity contribution in [3.8, 4) is 0 Å². The lowest BCUT2D eigenvalue weighted by atomic mass is 9.97. The summed E-state index contributed by atoms with van der Waals surface area (Å²) in [7, 11) is 0. The molecule has 1 aromatic heterocycles. The Morgan fingerprint density at radius 1 is 1.26 bits per heavy atom. The van der Waals surface area contributed by atoms with Gasteiger partial charge in [-0.2, -0.15) is 0 Å². The number of benzene rings is 1. The van der Waals surface area contributed by atoms with E-state index in [0.717, 1.165) is 22.9 Å². The van der Waals surface area contributed by atoms with Crippen LogP contribution in [0.5, 0.6) is 0 Å².